The van der Waals surface area contributed by atoms with Crippen LogP contribution >= 0.6 is 0 Å². The van der Waals surface area contributed by atoms with Gasteiger partial charge in [-0.2, -0.15) is 8.42 Å². The van der Waals surface area contributed by atoms with Crippen LogP contribution < -0.4 is 10.4 Å². The van der Waals surface area contributed by atoms with Crippen molar-refractivity contribution in [2.24, 2.45) is 0 Å². The van der Waals surface area contributed by atoms with E-state index in [0.717, 1.165) is 16.4 Å². The Hall–Kier alpha value is -3.09. The molecule has 36 heavy (non-hydrogen) atoms. The van der Waals surface area contributed by atoms with Crippen molar-refractivity contribution in [3.05, 3.63) is 92.2 Å². The quantitative estimate of drug-likeness (QED) is 0.316. The highest BCUT2D eigenvalue weighted by Gasteiger charge is 2.25. The third kappa shape index (κ3) is 6.00. The first-order valence-corrected chi connectivity index (χ1v) is 13.4. The fraction of sp³-hybridized carbons (Fsp3) is 0.333. The van der Waals surface area contributed by atoms with E-state index in [9.17, 15) is 23.2 Å². The van der Waals surface area contributed by atoms with Crippen LogP contribution in [0.4, 0.5) is 0 Å². The molecule has 0 bridgehead atoms. The minimum Gasteiger partial charge on any atom is -0.508 e. The lowest BCUT2D eigenvalue weighted by molar-refractivity contribution is 0.463. The van der Waals surface area contributed by atoms with Gasteiger partial charge >= 0.3 is 0 Å². The maximum Gasteiger partial charge on any atom is 0.295 e. The van der Waals surface area contributed by atoms with Crippen LogP contribution in [0.5, 0.6) is 11.5 Å². The van der Waals surface area contributed by atoms with Crippen molar-refractivity contribution in [2.45, 2.75) is 67.2 Å². The Kier molecular flexibility index (Phi) is 9.16. The summed E-state index contributed by atoms with van der Waals surface area (Å²) in [6.07, 6.45) is 4.24. The molecule has 3 N–H and O–H groups in total. The lowest BCUT2D eigenvalue weighted by Crippen LogP contribution is -2.31. The molecule has 0 aliphatic carbocycles. The second-order valence-corrected chi connectivity index (χ2v) is 11.2. The number of aromatic hydroxyl groups is 2. The minimum absolute atomic E-state index is 0.00201. The van der Waals surface area contributed by atoms with E-state index in [1.807, 2.05) is 60.6 Å². The fourth-order valence-corrected chi connectivity index (χ4v) is 5.16. The van der Waals surface area contributed by atoms with Crippen LogP contribution in [-0.4, -0.2) is 23.2 Å². The third-order valence-electron chi connectivity index (χ3n) is 6.23. The van der Waals surface area contributed by atoms with Gasteiger partial charge in [-0.1, -0.05) is 52.0 Å². The monoisotopic (exact) mass is 510 g/mol. The molecule has 2 aromatic carbocycles. The Morgan fingerprint density at radius 3 is 1.89 bits per heavy atom. The smallest absolute Gasteiger partial charge is 0.295 e. The average Bonchev–Trinajstić information content (AvgIpc) is 2.75. The number of hydrogen-bond donors (Lipinski definition) is 3. The van der Waals surface area contributed by atoms with Gasteiger partial charge in [-0.05, 0) is 114 Å². The second-order valence-electron chi connectivity index (χ2n) is 9.81. The molecule has 0 amide bonds. The number of phenolic OH excluding ortho intramolecular Hbond substituents is 2. The molecule has 0 aromatic heterocycles. The van der Waals surface area contributed by atoms with Gasteiger partial charge in [-0.3, -0.25) is 4.55 Å². The maximum absolute atomic E-state index is 12.6. The summed E-state index contributed by atoms with van der Waals surface area (Å²) < 4.78 is 35.3. The van der Waals surface area contributed by atoms with Crippen LogP contribution in [0.3, 0.4) is 0 Å². The van der Waals surface area contributed by atoms with Gasteiger partial charge in [0.25, 0.3) is 10.1 Å². The Morgan fingerprint density at radius 2 is 1.44 bits per heavy atom. The predicted molar refractivity (Wildman–Crippen MR) is 149 cm³/mol. The molecule has 0 fully saturated rings. The molecule has 0 aliphatic rings. The van der Waals surface area contributed by atoms with Gasteiger partial charge in [0.2, 0.25) is 0 Å². The molecule has 0 saturated heterocycles. The molecule has 0 unspecified atom stereocenters. The van der Waals surface area contributed by atoms with Crippen LogP contribution in [0.15, 0.2) is 59.6 Å². The van der Waals surface area contributed by atoms with Crippen LogP contribution in [-0.2, 0) is 10.1 Å². The van der Waals surface area contributed by atoms with E-state index in [1.54, 1.807) is 25.1 Å². The lowest BCUT2D eigenvalue weighted by Gasteiger charge is -2.21. The van der Waals surface area contributed by atoms with E-state index in [4.69, 9.17) is 0 Å². The summed E-state index contributed by atoms with van der Waals surface area (Å²) in [4.78, 5) is -0.285. The van der Waals surface area contributed by atoms with Gasteiger partial charge in [-0.25, -0.2) is 0 Å². The Labute approximate surface area is 215 Å². The van der Waals surface area contributed by atoms with E-state index in [2.05, 4.69) is 6.58 Å². The van der Waals surface area contributed by atoms with Gasteiger partial charge in [0.05, 0.1) is 0 Å². The highest BCUT2D eigenvalue weighted by Crippen LogP contribution is 2.36. The molecule has 0 spiro atoms. The number of allylic oxidation sites excluding steroid dienone is 4. The first kappa shape index (κ1) is 29.1. The molecule has 2 aromatic rings. The largest absolute Gasteiger partial charge is 0.508 e. The molecular formula is C30H38O5S. The maximum atomic E-state index is 12.6. The fourth-order valence-electron chi connectivity index (χ4n) is 4.40. The minimum atomic E-state index is -4.62. The third-order valence-corrected chi connectivity index (χ3v) is 7.14. The topological polar surface area (TPSA) is 94.8 Å². The highest BCUT2D eigenvalue weighted by atomic mass is 32.2. The summed E-state index contributed by atoms with van der Waals surface area (Å²) in [6.45, 7) is 18.9. The molecular weight excluding hydrogens is 472 g/mol. The van der Waals surface area contributed by atoms with E-state index in [1.165, 1.54) is 12.2 Å². The van der Waals surface area contributed by atoms with Crippen molar-refractivity contribution in [3.63, 3.8) is 0 Å². The molecule has 0 radical (unpaired) electrons. The number of aryl methyl sites for hydroxylation is 1. The zero-order valence-corrected chi connectivity index (χ0v) is 23.3. The van der Waals surface area contributed by atoms with E-state index in [0.29, 0.717) is 33.1 Å². The molecule has 2 rings (SSSR count). The van der Waals surface area contributed by atoms with Gasteiger partial charge in [0.15, 0.2) is 0 Å². The van der Waals surface area contributed by atoms with Gasteiger partial charge < -0.3 is 10.2 Å². The first-order chi connectivity index (χ1) is 16.6. The number of rotatable bonds is 7. The van der Waals surface area contributed by atoms with Crippen molar-refractivity contribution < 1.29 is 23.2 Å². The SMILES string of the molecule is C=C/C=C(\C(=CC)/C(c1cc(C(C)C)c(O)cc1C)=c1/cc(C(C)C)c(O)cc1=C(C)C)S(=O)(=O)O. The Balaban J connectivity index is 3.42. The first-order valence-electron chi connectivity index (χ1n) is 12.0. The summed E-state index contributed by atoms with van der Waals surface area (Å²) in [5.41, 5.74) is 4.66. The van der Waals surface area contributed by atoms with Crippen LogP contribution in [0.1, 0.15) is 82.6 Å². The summed E-state index contributed by atoms with van der Waals surface area (Å²) in [6, 6.07) is 7.14. The molecule has 6 heteroatoms. The molecule has 5 nitrogen and oxygen atoms in total. The summed E-state index contributed by atoms with van der Waals surface area (Å²) in [5.74, 6) is 0.334. The zero-order valence-electron chi connectivity index (χ0n) is 22.5. The number of benzene rings is 2. The van der Waals surface area contributed by atoms with Crippen molar-refractivity contribution in [1.29, 1.82) is 0 Å². The standard InChI is InChI=1S/C30H38O5S/c1-10-12-29(36(33,34)35)21(11-2)30(25-14-23(18(5)6)27(31)13-20(25)9)26-15-24(19(7)8)28(32)16-22(26)17(3)4/h10-16,18-19,31-32H,1H2,2-9H3,(H,33,34,35)/b21-11?,29-12+,30-26+. The molecule has 0 aliphatic heterocycles. The van der Waals surface area contributed by atoms with Crippen molar-refractivity contribution >= 4 is 21.3 Å². The van der Waals surface area contributed by atoms with Crippen molar-refractivity contribution in [1.82, 2.24) is 0 Å². The summed E-state index contributed by atoms with van der Waals surface area (Å²) >= 11 is 0. The van der Waals surface area contributed by atoms with Gasteiger partial charge in [0, 0.05) is 0 Å². The van der Waals surface area contributed by atoms with Gasteiger partial charge in [0.1, 0.15) is 16.4 Å². The normalized spacial score (nSPS) is 13.9. The predicted octanol–water partition coefficient (Wildman–Crippen LogP) is 5.95. The van der Waals surface area contributed by atoms with E-state index >= 15 is 0 Å². The highest BCUT2D eigenvalue weighted by molar-refractivity contribution is 7.90. The molecule has 194 valence electrons. The Bertz CT molecular complexity index is 1470. The number of hydrogen-bond acceptors (Lipinski definition) is 4. The van der Waals surface area contributed by atoms with Crippen molar-refractivity contribution in [2.75, 3.05) is 0 Å². The van der Waals surface area contributed by atoms with E-state index in [-0.39, 0.29) is 28.2 Å². The van der Waals surface area contributed by atoms with Crippen LogP contribution in [0.25, 0.3) is 11.1 Å². The zero-order chi connectivity index (χ0) is 27.5. The molecule has 0 heterocycles. The van der Waals surface area contributed by atoms with Gasteiger partial charge in [-0.15, -0.1) is 0 Å². The second kappa shape index (κ2) is 11.3. The van der Waals surface area contributed by atoms with Crippen LogP contribution in [0, 0.1) is 6.92 Å². The van der Waals surface area contributed by atoms with E-state index < -0.39 is 10.1 Å². The lowest BCUT2D eigenvalue weighted by atomic mass is 9.86. The molecule has 0 saturated carbocycles. The Morgan fingerprint density at radius 1 is 0.917 bits per heavy atom. The van der Waals surface area contributed by atoms with Crippen LogP contribution in [0.2, 0.25) is 0 Å². The summed E-state index contributed by atoms with van der Waals surface area (Å²) in [5, 5.41) is 22.9. The average molecular weight is 511 g/mol. The summed E-state index contributed by atoms with van der Waals surface area (Å²) in [7, 11) is -4.62. The number of phenols is 2. The van der Waals surface area contributed by atoms with Crippen molar-refractivity contribution in [3.8, 4) is 11.5 Å². The molecule has 0 atom stereocenters.